The largest absolute Gasteiger partial charge is 0.495 e. The Balaban J connectivity index is 2.42. The van der Waals surface area contributed by atoms with Gasteiger partial charge in [-0.2, -0.15) is 0 Å². The van der Waals surface area contributed by atoms with Gasteiger partial charge in [0.1, 0.15) is 22.1 Å². The first-order chi connectivity index (χ1) is 10.1. The quantitative estimate of drug-likeness (QED) is 0.881. The Hall–Kier alpha value is -1.52. The van der Waals surface area contributed by atoms with Crippen LogP contribution in [0.4, 0.5) is 0 Å². The second-order valence-corrected chi connectivity index (χ2v) is 5.49. The summed E-state index contributed by atoms with van der Waals surface area (Å²) in [4.78, 5) is 0. The van der Waals surface area contributed by atoms with Crippen LogP contribution in [0, 0.1) is 0 Å². The molecular weight excluding hydrogens is 332 g/mol. The van der Waals surface area contributed by atoms with Gasteiger partial charge < -0.3 is 14.6 Å². The molecule has 0 aliphatic heterocycles. The lowest BCUT2D eigenvalue weighted by Gasteiger charge is -2.18. The fourth-order valence-electron chi connectivity index (χ4n) is 2.25. The first-order valence-corrected chi connectivity index (χ1v) is 7.58. The maximum Gasteiger partial charge on any atom is 0.142 e. The number of aryl methyl sites for hydroxylation is 1. The van der Waals surface area contributed by atoms with Gasteiger partial charge in [0.2, 0.25) is 0 Å². The highest BCUT2D eigenvalue weighted by Crippen LogP contribution is 2.41. The van der Waals surface area contributed by atoms with Crippen LogP contribution in [0.25, 0.3) is 0 Å². The summed E-state index contributed by atoms with van der Waals surface area (Å²) in [5.74, 6) is 1.26. The third-order valence-corrected chi connectivity index (χ3v) is 4.27. The molecule has 1 unspecified atom stereocenters. The SMILES string of the molecule is CCc1ccc(C(O)c2ccc(OC)c(Br)c2OC)cc1. The van der Waals surface area contributed by atoms with E-state index in [-0.39, 0.29) is 0 Å². The molecular formula is C17H19BrO3. The number of methoxy groups -OCH3 is 2. The van der Waals surface area contributed by atoms with Crippen molar-refractivity contribution in [1.82, 2.24) is 0 Å². The summed E-state index contributed by atoms with van der Waals surface area (Å²) >= 11 is 3.46. The van der Waals surface area contributed by atoms with Gasteiger partial charge in [-0.1, -0.05) is 31.2 Å². The van der Waals surface area contributed by atoms with E-state index in [1.165, 1.54) is 5.56 Å². The molecule has 0 aromatic heterocycles. The minimum absolute atomic E-state index is 0.585. The monoisotopic (exact) mass is 350 g/mol. The van der Waals surface area contributed by atoms with Gasteiger partial charge in [0.25, 0.3) is 0 Å². The van der Waals surface area contributed by atoms with E-state index < -0.39 is 6.10 Å². The van der Waals surface area contributed by atoms with E-state index in [1.807, 2.05) is 36.4 Å². The molecule has 0 radical (unpaired) electrons. The third kappa shape index (κ3) is 3.22. The average Bonchev–Trinajstić information content (AvgIpc) is 2.54. The zero-order valence-corrected chi connectivity index (χ0v) is 14.0. The van der Waals surface area contributed by atoms with Gasteiger partial charge in [-0.15, -0.1) is 0 Å². The van der Waals surface area contributed by atoms with E-state index >= 15 is 0 Å². The van der Waals surface area contributed by atoms with E-state index in [0.29, 0.717) is 21.5 Å². The van der Waals surface area contributed by atoms with E-state index in [1.54, 1.807) is 14.2 Å². The van der Waals surface area contributed by atoms with E-state index in [4.69, 9.17) is 9.47 Å². The van der Waals surface area contributed by atoms with Crippen molar-refractivity contribution < 1.29 is 14.6 Å². The lowest BCUT2D eigenvalue weighted by Crippen LogP contribution is -2.04. The second-order valence-electron chi connectivity index (χ2n) is 4.70. The zero-order valence-electron chi connectivity index (χ0n) is 12.4. The number of rotatable bonds is 5. The van der Waals surface area contributed by atoms with Crippen LogP contribution in [0.2, 0.25) is 0 Å². The number of aliphatic hydroxyl groups is 1. The zero-order chi connectivity index (χ0) is 15.4. The number of benzene rings is 2. The highest BCUT2D eigenvalue weighted by Gasteiger charge is 2.20. The van der Waals surface area contributed by atoms with Gasteiger partial charge in [0.05, 0.1) is 14.2 Å². The number of hydrogen-bond donors (Lipinski definition) is 1. The van der Waals surface area contributed by atoms with Gasteiger partial charge in [-0.25, -0.2) is 0 Å². The highest BCUT2D eigenvalue weighted by molar-refractivity contribution is 9.10. The minimum atomic E-state index is -0.743. The summed E-state index contributed by atoms with van der Waals surface area (Å²) in [5, 5.41) is 10.6. The van der Waals surface area contributed by atoms with E-state index in [2.05, 4.69) is 22.9 Å². The molecule has 2 aromatic carbocycles. The van der Waals surface area contributed by atoms with Crippen molar-refractivity contribution in [3.8, 4) is 11.5 Å². The molecule has 0 spiro atoms. The summed E-state index contributed by atoms with van der Waals surface area (Å²) in [7, 11) is 3.18. The predicted octanol–water partition coefficient (Wildman–Crippen LogP) is 4.11. The normalized spacial score (nSPS) is 12.0. The van der Waals surface area contributed by atoms with Crippen molar-refractivity contribution in [1.29, 1.82) is 0 Å². The Labute approximate surface area is 133 Å². The van der Waals surface area contributed by atoms with Crippen molar-refractivity contribution >= 4 is 15.9 Å². The summed E-state index contributed by atoms with van der Waals surface area (Å²) in [5.41, 5.74) is 2.78. The molecule has 0 amide bonds. The van der Waals surface area contributed by atoms with Gasteiger partial charge in [-0.05, 0) is 45.6 Å². The van der Waals surface area contributed by atoms with Gasteiger partial charge >= 0.3 is 0 Å². The average molecular weight is 351 g/mol. The fraction of sp³-hybridized carbons (Fsp3) is 0.294. The highest BCUT2D eigenvalue weighted by atomic mass is 79.9. The van der Waals surface area contributed by atoms with Gasteiger partial charge in [0.15, 0.2) is 0 Å². The summed E-state index contributed by atoms with van der Waals surface area (Å²) in [6, 6.07) is 11.6. The van der Waals surface area contributed by atoms with Crippen LogP contribution in [0.3, 0.4) is 0 Å². The van der Waals surface area contributed by atoms with Crippen molar-refractivity contribution in [2.45, 2.75) is 19.4 Å². The van der Waals surface area contributed by atoms with Crippen LogP contribution in [-0.4, -0.2) is 19.3 Å². The predicted molar refractivity (Wildman–Crippen MR) is 87.1 cm³/mol. The molecule has 3 nitrogen and oxygen atoms in total. The molecule has 1 atom stereocenters. The molecule has 0 saturated heterocycles. The van der Waals surface area contributed by atoms with Crippen LogP contribution in [0.5, 0.6) is 11.5 Å². The molecule has 21 heavy (non-hydrogen) atoms. The number of hydrogen-bond acceptors (Lipinski definition) is 3. The number of aliphatic hydroxyl groups excluding tert-OH is 1. The standard InChI is InChI=1S/C17H19BrO3/c1-4-11-5-7-12(8-6-11)16(19)13-9-10-14(20-2)15(18)17(13)21-3/h5-10,16,19H,4H2,1-3H3. The Bertz CT molecular complexity index is 608. The molecule has 0 bridgehead atoms. The van der Waals surface area contributed by atoms with E-state index in [9.17, 15) is 5.11 Å². The molecule has 0 heterocycles. The molecule has 1 N–H and O–H groups in total. The van der Waals surface area contributed by atoms with Crippen LogP contribution in [-0.2, 0) is 6.42 Å². The summed E-state index contributed by atoms with van der Waals surface area (Å²) < 4.78 is 11.4. The molecule has 112 valence electrons. The first kappa shape index (κ1) is 15.9. The van der Waals surface area contributed by atoms with Crippen LogP contribution in [0.1, 0.15) is 29.7 Å². The maximum absolute atomic E-state index is 10.6. The second kappa shape index (κ2) is 6.96. The molecule has 0 saturated carbocycles. The van der Waals surface area contributed by atoms with Crippen LogP contribution >= 0.6 is 15.9 Å². The summed E-state index contributed by atoms with van der Waals surface area (Å²) in [6.07, 6.45) is 0.237. The van der Waals surface area contributed by atoms with Gasteiger partial charge in [0, 0.05) is 5.56 Å². The van der Waals surface area contributed by atoms with Crippen molar-refractivity contribution in [2.24, 2.45) is 0 Å². The molecule has 0 aliphatic carbocycles. The Morgan fingerprint density at radius 2 is 1.71 bits per heavy atom. The van der Waals surface area contributed by atoms with E-state index in [0.717, 1.165) is 12.0 Å². The van der Waals surface area contributed by atoms with Crippen LogP contribution < -0.4 is 9.47 Å². The molecule has 2 aromatic rings. The molecule has 0 fully saturated rings. The lowest BCUT2D eigenvalue weighted by molar-refractivity contribution is 0.214. The third-order valence-electron chi connectivity index (χ3n) is 3.51. The Morgan fingerprint density at radius 3 is 2.24 bits per heavy atom. The summed E-state index contributed by atoms with van der Waals surface area (Å²) in [6.45, 7) is 2.11. The first-order valence-electron chi connectivity index (χ1n) is 6.79. The number of ether oxygens (including phenoxy) is 2. The topological polar surface area (TPSA) is 38.7 Å². The number of halogens is 1. The molecule has 0 aliphatic rings. The molecule has 2 rings (SSSR count). The maximum atomic E-state index is 10.6. The van der Waals surface area contributed by atoms with Crippen molar-refractivity contribution in [2.75, 3.05) is 14.2 Å². The fourth-order valence-corrected chi connectivity index (χ4v) is 2.93. The molecule has 4 heteroatoms. The minimum Gasteiger partial charge on any atom is -0.495 e. The van der Waals surface area contributed by atoms with Crippen molar-refractivity contribution in [3.05, 3.63) is 57.6 Å². The smallest absolute Gasteiger partial charge is 0.142 e. The Morgan fingerprint density at radius 1 is 1.05 bits per heavy atom. The van der Waals surface area contributed by atoms with Crippen LogP contribution in [0.15, 0.2) is 40.9 Å². The van der Waals surface area contributed by atoms with Crippen molar-refractivity contribution in [3.63, 3.8) is 0 Å². The Kier molecular flexibility index (Phi) is 5.26. The lowest BCUT2D eigenvalue weighted by atomic mass is 9.99. The van der Waals surface area contributed by atoms with Gasteiger partial charge in [-0.3, -0.25) is 0 Å².